The largest absolute Gasteiger partial charge is 0.480 e. The Morgan fingerprint density at radius 3 is 2.17 bits per heavy atom. The van der Waals surface area contributed by atoms with Gasteiger partial charge in [0, 0.05) is 6.54 Å². The Morgan fingerprint density at radius 2 is 1.56 bits per heavy atom. The summed E-state index contributed by atoms with van der Waals surface area (Å²) in [7, 11) is 0. The van der Waals surface area contributed by atoms with Gasteiger partial charge in [0.25, 0.3) is 0 Å². The Bertz CT molecular complexity index is 506. The standard InChI is InChI=1S/C15H15NO2/c17-15(18)11-16-10-12-6-8-14(9-7-12)13-4-2-1-3-5-13/h1-9,16H,10-11H2,(H,17,18). The van der Waals surface area contributed by atoms with Crippen LogP contribution in [0.1, 0.15) is 5.56 Å². The van der Waals surface area contributed by atoms with E-state index < -0.39 is 5.97 Å². The Labute approximate surface area is 106 Å². The van der Waals surface area contributed by atoms with E-state index in [1.54, 1.807) is 0 Å². The molecule has 2 rings (SSSR count). The molecule has 92 valence electrons. The average molecular weight is 241 g/mol. The molecule has 2 aromatic rings. The van der Waals surface area contributed by atoms with Crippen molar-refractivity contribution in [2.45, 2.75) is 6.54 Å². The van der Waals surface area contributed by atoms with Gasteiger partial charge >= 0.3 is 5.97 Å². The van der Waals surface area contributed by atoms with Gasteiger partial charge < -0.3 is 10.4 Å². The highest BCUT2D eigenvalue weighted by molar-refractivity contribution is 5.69. The lowest BCUT2D eigenvalue weighted by Gasteiger charge is -2.05. The Balaban J connectivity index is 2.00. The van der Waals surface area contributed by atoms with E-state index in [9.17, 15) is 4.79 Å². The minimum absolute atomic E-state index is 0.0135. The first-order valence-corrected chi connectivity index (χ1v) is 5.82. The van der Waals surface area contributed by atoms with Gasteiger partial charge in [-0.05, 0) is 16.7 Å². The number of carbonyl (C=O) groups is 1. The van der Waals surface area contributed by atoms with E-state index in [0.29, 0.717) is 6.54 Å². The molecule has 0 radical (unpaired) electrons. The van der Waals surface area contributed by atoms with Crippen LogP contribution in [0.3, 0.4) is 0 Å². The predicted molar refractivity (Wildman–Crippen MR) is 71.2 cm³/mol. The summed E-state index contributed by atoms with van der Waals surface area (Å²) in [4.78, 5) is 10.4. The summed E-state index contributed by atoms with van der Waals surface area (Å²) in [5.74, 6) is -0.837. The quantitative estimate of drug-likeness (QED) is 0.845. The lowest BCUT2D eigenvalue weighted by Crippen LogP contribution is -2.21. The van der Waals surface area contributed by atoms with Crippen molar-refractivity contribution in [3.05, 3.63) is 60.2 Å². The van der Waals surface area contributed by atoms with Crippen LogP contribution in [0.15, 0.2) is 54.6 Å². The maximum Gasteiger partial charge on any atom is 0.317 e. The van der Waals surface area contributed by atoms with E-state index in [1.807, 2.05) is 42.5 Å². The molecule has 0 fully saturated rings. The fraction of sp³-hybridized carbons (Fsp3) is 0.133. The monoisotopic (exact) mass is 241 g/mol. The molecule has 0 saturated heterocycles. The fourth-order valence-corrected chi connectivity index (χ4v) is 1.76. The highest BCUT2D eigenvalue weighted by atomic mass is 16.4. The maximum atomic E-state index is 10.4. The molecule has 3 heteroatoms. The average Bonchev–Trinajstić information content (AvgIpc) is 2.40. The SMILES string of the molecule is O=C(O)CNCc1ccc(-c2ccccc2)cc1. The smallest absolute Gasteiger partial charge is 0.317 e. The second kappa shape index (κ2) is 5.98. The number of rotatable bonds is 5. The Morgan fingerprint density at radius 1 is 0.944 bits per heavy atom. The third kappa shape index (κ3) is 3.43. The first-order chi connectivity index (χ1) is 8.75. The zero-order chi connectivity index (χ0) is 12.8. The summed E-state index contributed by atoms with van der Waals surface area (Å²) >= 11 is 0. The van der Waals surface area contributed by atoms with Gasteiger partial charge in [0.1, 0.15) is 0 Å². The summed E-state index contributed by atoms with van der Waals surface area (Å²) < 4.78 is 0. The molecule has 0 bridgehead atoms. The molecule has 0 spiro atoms. The lowest BCUT2D eigenvalue weighted by molar-refractivity contribution is -0.135. The van der Waals surface area contributed by atoms with Crippen LogP contribution < -0.4 is 5.32 Å². The zero-order valence-electron chi connectivity index (χ0n) is 9.97. The molecular weight excluding hydrogens is 226 g/mol. The molecule has 0 aromatic heterocycles. The summed E-state index contributed by atoms with van der Waals surface area (Å²) in [6, 6.07) is 18.3. The summed E-state index contributed by atoms with van der Waals surface area (Å²) in [5.41, 5.74) is 3.43. The van der Waals surface area contributed by atoms with Crippen LogP contribution in [0, 0.1) is 0 Å². The number of hydrogen-bond acceptors (Lipinski definition) is 2. The van der Waals surface area contributed by atoms with Gasteiger partial charge in [0.15, 0.2) is 0 Å². The normalized spacial score (nSPS) is 10.2. The molecule has 2 N–H and O–H groups in total. The third-order valence-corrected chi connectivity index (χ3v) is 2.67. The molecule has 3 nitrogen and oxygen atoms in total. The molecule has 0 amide bonds. The van der Waals surface area contributed by atoms with Crippen molar-refractivity contribution in [1.82, 2.24) is 5.32 Å². The van der Waals surface area contributed by atoms with E-state index in [0.717, 1.165) is 11.1 Å². The third-order valence-electron chi connectivity index (χ3n) is 2.67. The molecule has 18 heavy (non-hydrogen) atoms. The Kier molecular flexibility index (Phi) is 4.10. The second-order valence-electron chi connectivity index (χ2n) is 4.06. The number of hydrogen-bond donors (Lipinski definition) is 2. The number of aliphatic carboxylic acids is 1. The van der Waals surface area contributed by atoms with Gasteiger partial charge in [-0.25, -0.2) is 0 Å². The van der Waals surface area contributed by atoms with Crippen molar-refractivity contribution < 1.29 is 9.90 Å². The second-order valence-corrected chi connectivity index (χ2v) is 4.06. The topological polar surface area (TPSA) is 49.3 Å². The van der Waals surface area contributed by atoms with Gasteiger partial charge in [0.2, 0.25) is 0 Å². The van der Waals surface area contributed by atoms with Gasteiger partial charge in [-0.15, -0.1) is 0 Å². The Hall–Kier alpha value is -2.13. The number of carboxylic acid groups (broad SMARTS) is 1. The predicted octanol–water partition coefficient (Wildman–Crippen LogP) is 2.53. The fourth-order valence-electron chi connectivity index (χ4n) is 1.76. The lowest BCUT2D eigenvalue weighted by atomic mass is 10.0. The zero-order valence-corrected chi connectivity index (χ0v) is 9.97. The number of benzene rings is 2. The van der Waals surface area contributed by atoms with Crippen LogP contribution in [-0.4, -0.2) is 17.6 Å². The van der Waals surface area contributed by atoms with Gasteiger partial charge in [-0.3, -0.25) is 4.79 Å². The van der Waals surface area contributed by atoms with Crippen LogP contribution in [-0.2, 0) is 11.3 Å². The van der Waals surface area contributed by atoms with Crippen LogP contribution in [0.5, 0.6) is 0 Å². The molecule has 0 heterocycles. The summed E-state index contributed by atoms with van der Waals surface area (Å²) in [5, 5.41) is 11.4. The first-order valence-electron chi connectivity index (χ1n) is 5.82. The van der Waals surface area contributed by atoms with Gasteiger partial charge in [-0.1, -0.05) is 54.6 Å². The number of carboxylic acids is 1. The van der Waals surface area contributed by atoms with E-state index in [-0.39, 0.29) is 6.54 Å². The highest BCUT2D eigenvalue weighted by Gasteiger charge is 1.99. The number of nitrogens with one attached hydrogen (secondary N) is 1. The van der Waals surface area contributed by atoms with Gasteiger partial charge in [-0.2, -0.15) is 0 Å². The van der Waals surface area contributed by atoms with Crippen molar-refractivity contribution in [3.8, 4) is 11.1 Å². The molecule has 0 aliphatic carbocycles. The van der Waals surface area contributed by atoms with E-state index >= 15 is 0 Å². The first kappa shape index (κ1) is 12.3. The van der Waals surface area contributed by atoms with Crippen LogP contribution in [0.25, 0.3) is 11.1 Å². The molecule has 0 saturated carbocycles. The van der Waals surface area contributed by atoms with Crippen LogP contribution in [0.2, 0.25) is 0 Å². The van der Waals surface area contributed by atoms with Crippen LogP contribution in [0.4, 0.5) is 0 Å². The maximum absolute atomic E-state index is 10.4. The molecule has 0 aliphatic rings. The molecular formula is C15H15NO2. The van der Waals surface area contributed by atoms with Crippen molar-refractivity contribution in [2.75, 3.05) is 6.54 Å². The molecule has 0 unspecified atom stereocenters. The molecule has 2 aromatic carbocycles. The van der Waals surface area contributed by atoms with Crippen molar-refractivity contribution in [3.63, 3.8) is 0 Å². The molecule has 0 aliphatic heterocycles. The van der Waals surface area contributed by atoms with Crippen molar-refractivity contribution in [1.29, 1.82) is 0 Å². The highest BCUT2D eigenvalue weighted by Crippen LogP contribution is 2.18. The minimum Gasteiger partial charge on any atom is -0.480 e. The van der Waals surface area contributed by atoms with Crippen molar-refractivity contribution >= 4 is 5.97 Å². The molecule has 0 atom stereocenters. The minimum atomic E-state index is -0.837. The van der Waals surface area contributed by atoms with Crippen molar-refractivity contribution in [2.24, 2.45) is 0 Å². The van der Waals surface area contributed by atoms with E-state index in [2.05, 4.69) is 17.4 Å². The van der Waals surface area contributed by atoms with E-state index in [4.69, 9.17) is 5.11 Å². The summed E-state index contributed by atoms with van der Waals surface area (Å²) in [6.45, 7) is 0.557. The van der Waals surface area contributed by atoms with Crippen LogP contribution >= 0.6 is 0 Å². The summed E-state index contributed by atoms with van der Waals surface area (Å²) in [6.07, 6.45) is 0. The van der Waals surface area contributed by atoms with E-state index in [1.165, 1.54) is 5.56 Å². The van der Waals surface area contributed by atoms with Gasteiger partial charge in [0.05, 0.1) is 6.54 Å².